The zero-order chi connectivity index (χ0) is 23.2. The van der Waals surface area contributed by atoms with Crippen LogP contribution in [-0.4, -0.2) is 33.0 Å². The highest BCUT2D eigenvalue weighted by Gasteiger charge is 2.19. The molecule has 0 bridgehead atoms. The number of rotatable bonds is 7. The summed E-state index contributed by atoms with van der Waals surface area (Å²) in [6.45, 7) is 4.63. The van der Waals surface area contributed by atoms with Gasteiger partial charge >= 0.3 is 0 Å². The monoisotopic (exact) mass is 438 g/mol. The quantitative estimate of drug-likeness (QED) is 0.433. The summed E-state index contributed by atoms with van der Waals surface area (Å²) in [6.07, 6.45) is 1.76. The first-order valence-corrected chi connectivity index (χ1v) is 10.9. The molecule has 0 aliphatic heterocycles. The first-order valence-electron chi connectivity index (χ1n) is 10.9. The number of hydrogen-bond acceptors (Lipinski definition) is 3. The van der Waals surface area contributed by atoms with Gasteiger partial charge in [0.1, 0.15) is 5.69 Å². The third-order valence-corrected chi connectivity index (χ3v) is 5.41. The molecule has 0 atom stereocenters. The van der Waals surface area contributed by atoms with E-state index in [2.05, 4.69) is 5.32 Å². The van der Waals surface area contributed by atoms with E-state index in [0.29, 0.717) is 30.0 Å². The van der Waals surface area contributed by atoms with Crippen LogP contribution in [0.3, 0.4) is 0 Å². The van der Waals surface area contributed by atoms with Crippen molar-refractivity contribution in [2.75, 3.05) is 11.9 Å². The lowest BCUT2D eigenvalue weighted by molar-refractivity contribution is -0.129. The SMILES string of the molecule is CCN(Cc1cccc(NC(=O)c2cn(-c3ccccc3)nc2-c2ccccc2)c1)C(C)=O. The molecule has 0 aliphatic rings. The third-order valence-electron chi connectivity index (χ3n) is 5.41. The number of carbonyl (C=O) groups is 2. The molecule has 0 fully saturated rings. The van der Waals surface area contributed by atoms with E-state index in [4.69, 9.17) is 5.10 Å². The maximum absolute atomic E-state index is 13.3. The van der Waals surface area contributed by atoms with Crippen LogP contribution in [0.2, 0.25) is 0 Å². The van der Waals surface area contributed by atoms with Gasteiger partial charge in [0.2, 0.25) is 5.91 Å². The van der Waals surface area contributed by atoms with Crippen LogP contribution in [0, 0.1) is 0 Å². The molecule has 3 aromatic carbocycles. The second-order valence-electron chi connectivity index (χ2n) is 7.73. The number of para-hydroxylation sites is 1. The molecule has 1 N–H and O–H groups in total. The molecule has 6 heteroatoms. The average Bonchev–Trinajstić information content (AvgIpc) is 3.29. The van der Waals surface area contributed by atoms with Gasteiger partial charge in [-0.25, -0.2) is 4.68 Å². The Kier molecular flexibility index (Phi) is 6.64. The van der Waals surface area contributed by atoms with E-state index in [0.717, 1.165) is 16.8 Å². The second kappa shape index (κ2) is 9.96. The van der Waals surface area contributed by atoms with Gasteiger partial charge in [-0.05, 0) is 36.8 Å². The number of amides is 2. The minimum Gasteiger partial charge on any atom is -0.339 e. The standard InChI is InChI=1S/C27H26N4O2/c1-3-30(20(2)32)18-21-11-10-14-23(17-21)28-27(33)25-19-31(24-15-8-5-9-16-24)29-26(25)22-12-6-4-7-13-22/h4-17,19H,3,18H2,1-2H3,(H,28,33). The molecule has 4 rings (SSSR count). The minimum atomic E-state index is -0.243. The van der Waals surface area contributed by atoms with Crippen LogP contribution < -0.4 is 5.32 Å². The fourth-order valence-electron chi connectivity index (χ4n) is 3.67. The van der Waals surface area contributed by atoms with Crippen molar-refractivity contribution in [2.24, 2.45) is 0 Å². The van der Waals surface area contributed by atoms with Crippen LogP contribution >= 0.6 is 0 Å². The van der Waals surface area contributed by atoms with E-state index in [1.165, 1.54) is 0 Å². The molecular formula is C27H26N4O2. The fraction of sp³-hybridized carbons (Fsp3) is 0.148. The predicted molar refractivity (Wildman–Crippen MR) is 130 cm³/mol. The lowest BCUT2D eigenvalue weighted by Gasteiger charge is -2.19. The first-order chi connectivity index (χ1) is 16.0. The zero-order valence-corrected chi connectivity index (χ0v) is 18.7. The molecule has 2 amide bonds. The van der Waals surface area contributed by atoms with Gasteiger partial charge in [0, 0.05) is 37.5 Å². The van der Waals surface area contributed by atoms with Crippen LogP contribution in [0.25, 0.3) is 16.9 Å². The average molecular weight is 439 g/mol. The van der Waals surface area contributed by atoms with Gasteiger partial charge in [-0.15, -0.1) is 0 Å². The Hall–Kier alpha value is -4.19. The molecule has 0 spiro atoms. The molecule has 0 unspecified atom stereocenters. The van der Waals surface area contributed by atoms with E-state index in [9.17, 15) is 9.59 Å². The van der Waals surface area contributed by atoms with Gasteiger partial charge in [0.25, 0.3) is 5.91 Å². The van der Waals surface area contributed by atoms with Crippen molar-refractivity contribution in [3.05, 3.63) is 102 Å². The molecule has 0 saturated carbocycles. The van der Waals surface area contributed by atoms with E-state index in [-0.39, 0.29) is 11.8 Å². The topological polar surface area (TPSA) is 67.2 Å². The molecule has 6 nitrogen and oxygen atoms in total. The van der Waals surface area contributed by atoms with Crippen LogP contribution in [0.4, 0.5) is 5.69 Å². The Morgan fingerprint density at radius 3 is 2.30 bits per heavy atom. The smallest absolute Gasteiger partial charge is 0.259 e. The summed E-state index contributed by atoms with van der Waals surface area (Å²) >= 11 is 0. The first kappa shape index (κ1) is 22.0. The Bertz CT molecular complexity index is 1250. The molecule has 0 saturated heterocycles. The van der Waals surface area contributed by atoms with Crippen molar-refractivity contribution in [3.63, 3.8) is 0 Å². The number of nitrogens with zero attached hydrogens (tertiary/aromatic N) is 3. The number of nitrogens with one attached hydrogen (secondary N) is 1. The van der Waals surface area contributed by atoms with E-state index >= 15 is 0 Å². The van der Waals surface area contributed by atoms with Crippen LogP contribution in [0.5, 0.6) is 0 Å². The molecule has 33 heavy (non-hydrogen) atoms. The highest BCUT2D eigenvalue weighted by Crippen LogP contribution is 2.25. The summed E-state index contributed by atoms with van der Waals surface area (Å²) < 4.78 is 1.72. The Labute approximate surface area is 193 Å². The molecule has 0 radical (unpaired) electrons. The van der Waals surface area contributed by atoms with Gasteiger partial charge in [0.05, 0.1) is 11.3 Å². The van der Waals surface area contributed by atoms with Crippen molar-refractivity contribution >= 4 is 17.5 Å². The number of carbonyl (C=O) groups excluding carboxylic acids is 2. The van der Waals surface area contributed by atoms with Crippen molar-refractivity contribution in [1.29, 1.82) is 0 Å². The van der Waals surface area contributed by atoms with Crippen LogP contribution in [-0.2, 0) is 11.3 Å². The fourth-order valence-corrected chi connectivity index (χ4v) is 3.67. The lowest BCUT2D eigenvalue weighted by Crippen LogP contribution is -2.27. The number of hydrogen-bond donors (Lipinski definition) is 1. The highest BCUT2D eigenvalue weighted by molar-refractivity contribution is 6.08. The van der Waals surface area contributed by atoms with E-state index < -0.39 is 0 Å². The summed E-state index contributed by atoms with van der Waals surface area (Å²) in [5.74, 6) is -0.222. The summed E-state index contributed by atoms with van der Waals surface area (Å²) in [7, 11) is 0. The highest BCUT2D eigenvalue weighted by atomic mass is 16.2. The number of aromatic nitrogens is 2. The molecular weight excluding hydrogens is 412 g/mol. The van der Waals surface area contributed by atoms with Crippen LogP contribution in [0.15, 0.2) is 91.1 Å². The van der Waals surface area contributed by atoms with Crippen LogP contribution in [0.1, 0.15) is 29.8 Å². The van der Waals surface area contributed by atoms with Crippen molar-refractivity contribution in [3.8, 4) is 16.9 Å². The van der Waals surface area contributed by atoms with Crippen molar-refractivity contribution in [1.82, 2.24) is 14.7 Å². The molecule has 0 aliphatic carbocycles. The predicted octanol–water partition coefficient (Wildman–Crippen LogP) is 5.16. The van der Waals surface area contributed by atoms with Gasteiger partial charge in [-0.2, -0.15) is 5.10 Å². The zero-order valence-electron chi connectivity index (χ0n) is 18.7. The lowest BCUT2D eigenvalue weighted by atomic mass is 10.1. The Morgan fingerprint density at radius 1 is 0.939 bits per heavy atom. The molecule has 166 valence electrons. The third kappa shape index (κ3) is 5.18. The second-order valence-corrected chi connectivity index (χ2v) is 7.73. The number of anilines is 1. The Balaban J connectivity index is 1.64. The largest absolute Gasteiger partial charge is 0.339 e. The van der Waals surface area contributed by atoms with Crippen molar-refractivity contribution in [2.45, 2.75) is 20.4 Å². The summed E-state index contributed by atoms with van der Waals surface area (Å²) in [5, 5.41) is 7.71. The maximum Gasteiger partial charge on any atom is 0.259 e. The summed E-state index contributed by atoms with van der Waals surface area (Å²) in [6, 6.07) is 26.9. The van der Waals surface area contributed by atoms with Gasteiger partial charge < -0.3 is 10.2 Å². The summed E-state index contributed by atoms with van der Waals surface area (Å²) in [4.78, 5) is 26.8. The summed E-state index contributed by atoms with van der Waals surface area (Å²) in [5.41, 5.74) is 4.46. The van der Waals surface area contributed by atoms with Gasteiger partial charge in [-0.1, -0.05) is 60.7 Å². The maximum atomic E-state index is 13.3. The molecule has 1 aromatic heterocycles. The van der Waals surface area contributed by atoms with E-state index in [1.54, 1.807) is 22.7 Å². The van der Waals surface area contributed by atoms with Crippen molar-refractivity contribution < 1.29 is 9.59 Å². The van der Waals surface area contributed by atoms with Gasteiger partial charge in [-0.3, -0.25) is 9.59 Å². The van der Waals surface area contributed by atoms with E-state index in [1.807, 2.05) is 91.9 Å². The molecule has 1 heterocycles. The minimum absolute atomic E-state index is 0.0211. The van der Waals surface area contributed by atoms with Gasteiger partial charge in [0.15, 0.2) is 0 Å². The number of benzene rings is 3. The Morgan fingerprint density at radius 2 is 1.64 bits per heavy atom. The molecule has 4 aromatic rings. The normalized spacial score (nSPS) is 10.6.